The van der Waals surface area contributed by atoms with Crippen LogP contribution in [0.2, 0.25) is 0 Å². The summed E-state index contributed by atoms with van der Waals surface area (Å²) >= 11 is 0. The minimum Gasteiger partial charge on any atom is -0.371 e. The van der Waals surface area contributed by atoms with Gasteiger partial charge in [0.2, 0.25) is 0 Å². The summed E-state index contributed by atoms with van der Waals surface area (Å²) in [5.41, 5.74) is 6.46. The lowest BCUT2D eigenvalue weighted by atomic mass is 9.77. The van der Waals surface area contributed by atoms with Gasteiger partial charge in [-0.3, -0.25) is 4.79 Å². The smallest absolute Gasteiger partial charge is 0.194 e. The van der Waals surface area contributed by atoms with Crippen molar-refractivity contribution in [3.05, 3.63) is 47.5 Å². The van der Waals surface area contributed by atoms with E-state index in [2.05, 4.69) is 58.1 Å². The highest BCUT2D eigenvalue weighted by Crippen LogP contribution is 2.45. The molecule has 3 heterocycles. The number of anilines is 2. The molecular weight excluding hydrogens is 358 g/mol. The Morgan fingerprint density at radius 3 is 1.76 bits per heavy atom. The molecule has 0 aromatic heterocycles. The van der Waals surface area contributed by atoms with Gasteiger partial charge in [0.25, 0.3) is 0 Å². The Morgan fingerprint density at radius 1 is 0.690 bits per heavy atom. The van der Waals surface area contributed by atoms with E-state index in [0.29, 0.717) is 6.04 Å². The van der Waals surface area contributed by atoms with Crippen molar-refractivity contribution in [3.63, 3.8) is 0 Å². The molecule has 0 unspecified atom stereocenters. The third kappa shape index (κ3) is 2.21. The summed E-state index contributed by atoms with van der Waals surface area (Å²) in [6.07, 6.45) is 2.76. The van der Waals surface area contributed by atoms with E-state index in [1.807, 2.05) is 0 Å². The van der Waals surface area contributed by atoms with Crippen LogP contribution >= 0.6 is 0 Å². The van der Waals surface area contributed by atoms with Crippen LogP contribution in [0.5, 0.6) is 0 Å². The molecule has 0 spiro atoms. The largest absolute Gasteiger partial charge is 0.371 e. The number of hydrogen-bond donors (Lipinski definition) is 0. The van der Waals surface area contributed by atoms with Gasteiger partial charge in [-0.25, -0.2) is 0 Å². The SMILES string of the molecule is CN1C[C@H]2CN(c3ccc4c(c3)C(=O)c3cc(N5C[C@H]6CC[C@H]6C5)ccc3-4)C[C@H]21. The van der Waals surface area contributed by atoms with Crippen LogP contribution in [0.4, 0.5) is 11.4 Å². The molecule has 148 valence electrons. The molecule has 0 bridgehead atoms. The van der Waals surface area contributed by atoms with Crippen LogP contribution in [-0.4, -0.2) is 56.5 Å². The van der Waals surface area contributed by atoms with Gasteiger partial charge < -0.3 is 14.7 Å². The van der Waals surface area contributed by atoms with E-state index in [-0.39, 0.29) is 5.78 Å². The number of carbonyl (C=O) groups is 1. The van der Waals surface area contributed by atoms with E-state index in [9.17, 15) is 4.79 Å². The number of carbonyl (C=O) groups excluding carboxylic acids is 1. The Labute approximate surface area is 172 Å². The van der Waals surface area contributed by atoms with E-state index < -0.39 is 0 Å². The van der Waals surface area contributed by atoms with Crippen molar-refractivity contribution in [1.29, 1.82) is 0 Å². The number of nitrogens with zero attached hydrogens (tertiary/aromatic N) is 3. The van der Waals surface area contributed by atoms with Gasteiger partial charge in [0.05, 0.1) is 0 Å². The highest BCUT2D eigenvalue weighted by Gasteiger charge is 2.44. The highest BCUT2D eigenvalue weighted by molar-refractivity contribution is 6.22. The average molecular weight is 386 g/mol. The second-order valence-electron chi connectivity index (χ2n) is 9.96. The van der Waals surface area contributed by atoms with Crippen LogP contribution in [-0.2, 0) is 0 Å². The van der Waals surface area contributed by atoms with Crippen LogP contribution in [0.3, 0.4) is 0 Å². The summed E-state index contributed by atoms with van der Waals surface area (Å²) in [4.78, 5) is 20.7. The van der Waals surface area contributed by atoms with Gasteiger partial charge in [-0.05, 0) is 67.1 Å². The maximum Gasteiger partial charge on any atom is 0.194 e. The molecule has 4 heteroatoms. The van der Waals surface area contributed by atoms with Crippen LogP contribution in [0.15, 0.2) is 36.4 Å². The minimum atomic E-state index is 0.208. The Morgan fingerprint density at radius 2 is 1.24 bits per heavy atom. The van der Waals surface area contributed by atoms with E-state index in [4.69, 9.17) is 0 Å². The zero-order valence-corrected chi connectivity index (χ0v) is 17.0. The van der Waals surface area contributed by atoms with Crippen molar-refractivity contribution in [2.75, 3.05) is 49.6 Å². The first kappa shape index (κ1) is 16.5. The van der Waals surface area contributed by atoms with Crippen LogP contribution in [0.25, 0.3) is 11.1 Å². The minimum absolute atomic E-state index is 0.208. The number of ketones is 1. The van der Waals surface area contributed by atoms with Crippen molar-refractivity contribution >= 4 is 17.2 Å². The first-order chi connectivity index (χ1) is 14.2. The van der Waals surface area contributed by atoms with Gasteiger partial charge in [0.15, 0.2) is 5.78 Å². The van der Waals surface area contributed by atoms with Gasteiger partial charge in [0, 0.05) is 67.2 Å². The third-order valence-electron chi connectivity index (χ3n) is 8.50. The summed E-state index contributed by atoms with van der Waals surface area (Å²) in [6.45, 7) is 5.75. The molecule has 4 fully saturated rings. The fraction of sp³-hybridized carbons (Fsp3) is 0.480. The van der Waals surface area contributed by atoms with Crippen molar-refractivity contribution < 1.29 is 4.79 Å². The first-order valence-corrected chi connectivity index (χ1v) is 11.2. The lowest BCUT2D eigenvalue weighted by Gasteiger charge is -2.40. The number of likely N-dealkylation sites (tertiary alicyclic amines) is 1. The molecule has 7 rings (SSSR count). The molecule has 0 amide bonds. The van der Waals surface area contributed by atoms with Gasteiger partial charge >= 0.3 is 0 Å². The fourth-order valence-corrected chi connectivity index (χ4v) is 6.53. The zero-order chi connectivity index (χ0) is 19.3. The topological polar surface area (TPSA) is 26.8 Å². The number of fused-ring (bicyclic) bond motifs is 5. The quantitative estimate of drug-likeness (QED) is 0.675. The van der Waals surface area contributed by atoms with E-state index >= 15 is 0 Å². The van der Waals surface area contributed by atoms with Crippen molar-refractivity contribution in [1.82, 2.24) is 4.90 Å². The Balaban J connectivity index is 1.19. The molecule has 3 saturated heterocycles. The second-order valence-corrected chi connectivity index (χ2v) is 9.96. The molecule has 1 saturated carbocycles. The lowest BCUT2D eigenvalue weighted by Crippen LogP contribution is -2.52. The molecule has 2 aliphatic carbocycles. The predicted molar refractivity (Wildman–Crippen MR) is 116 cm³/mol. The van der Waals surface area contributed by atoms with Crippen molar-refractivity contribution in [3.8, 4) is 11.1 Å². The molecular formula is C25H27N3O. The molecule has 0 radical (unpaired) electrons. The monoisotopic (exact) mass is 385 g/mol. The fourth-order valence-electron chi connectivity index (χ4n) is 6.53. The Bertz CT molecular complexity index is 1030. The normalized spacial score (nSPS) is 31.8. The van der Waals surface area contributed by atoms with E-state index in [1.165, 1.54) is 43.9 Å². The van der Waals surface area contributed by atoms with Crippen LogP contribution in [0, 0.1) is 17.8 Å². The van der Waals surface area contributed by atoms with Gasteiger partial charge in [0.1, 0.15) is 0 Å². The standard InChI is InChI=1S/C25H27N3O/c1-26-10-17-13-28(14-24(17)26)19-5-7-21-20-6-4-18(8-22(20)25(29)23(21)9-19)27-11-15-2-3-16(15)12-27/h4-9,15-17,24H,2-3,10-14H2,1H3/t15-,16+,17-,24+/m0/s1. The Kier molecular flexibility index (Phi) is 3.20. The maximum absolute atomic E-state index is 13.3. The Hall–Kier alpha value is -2.33. The summed E-state index contributed by atoms with van der Waals surface area (Å²) in [5.74, 6) is 2.77. The van der Waals surface area contributed by atoms with Crippen molar-refractivity contribution in [2.24, 2.45) is 17.8 Å². The molecule has 0 N–H and O–H groups in total. The highest BCUT2D eigenvalue weighted by atomic mass is 16.1. The number of rotatable bonds is 2. The average Bonchev–Trinajstić information content (AvgIpc) is 3.32. The number of hydrogen-bond acceptors (Lipinski definition) is 4. The lowest BCUT2D eigenvalue weighted by molar-refractivity contribution is 0.0827. The molecule has 3 aliphatic heterocycles. The van der Waals surface area contributed by atoms with Crippen molar-refractivity contribution in [2.45, 2.75) is 18.9 Å². The molecule has 2 aromatic rings. The summed E-state index contributed by atoms with van der Waals surface area (Å²) < 4.78 is 0. The molecule has 5 aliphatic rings. The molecule has 29 heavy (non-hydrogen) atoms. The number of likely N-dealkylation sites (N-methyl/N-ethyl adjacent to an activating group) is 1. The van der Waals surface area contributed by atoms with E-state index in [0.717, 1.165) is 53.1 Å². The molecule has 4 nitrogen and oxygen atoms in total. The van der Waals surface area contributed by atoms with Crippen LogP contribution < -0.4 is 9.80 Å². The van der Waals surface area contributed by atoms with Gasteiger partial charge in [-0.1, -0.05) is 12.1 Å². The van der Waals surface area contributed by atoms with E-state index in [1.54, 1.807) is 0 Å². The third-order valence-corrected chi connectivity index (χ3v) is 8.50. The molecule has 2 aromatic carbocycles. The number of benzene rings is 2. The summed E-state index contributed by atoms with van der Waals surface area (Å²) in [6, 6.07) is 13.8. The predicted octanol–water partition coefficient (Wildman–Crippen LogP) is 3.49. The van der Waals surface area contributed by atoms with Crippen LogP contribution in [0.1, 0.15) is 28.8 Å². The van der Waals surface area contributed by atoms with Gasteiger partial charge in [-0.2, -0.15) is 0 Å². The first-order valence-electron chi connectivity index (χ1n) is 11.2. The molecule has 4 atom stereocenters. The second kappa shape index (κ2) is 5.63. The zero-order valence-electron chi connectivity index (χ0n) is 17.0. The van der Waals surface area contributed by atoms with Gasteiger partial charge in [-0.15, -0.1) is 0 Å². The maximum atomic E-state index is 13.3. The summed E-state index contributed by atoms with van der Waals surface area (Å²) in [7, 11) is 2.22. The summed E-state index contributed by atoms with van der Waals surface area (Å²) in [5, 5.41) is 0.